The van der Waals surface area contributed by atoms with Gasteiger partial charge in [0.1, 0.15) is 5.82 Å². The van der Waals surface area contributed by atoms with E-state index >= 15 is 0 Å². The highest BCUT2D eigenvalue weighted by Gasteiger charge is 2.30. The van der Waals surface area contributed by atoms with E-state index in [4.69, 9.17) is 0 Å². The Hall–Kier alpha value is -3.00. The van der Waals surface area contributed by atoms with Gasteiger partial charge in [0.2, 0.25) is 0 Å². The third-order valence-corrected chi connectivity index (χ3v) is 4.46. The standard InChI is InChI=1S/C20H17FN2O2/c21-17-8-3-6-14(11-17)20(25)23-10-4-7-16(13-23)19(24)18-9-2-1-5-15(18)12-22/h1-3,5-6,8-9,11,16H,4,7,10,13H2. The number of piperidine rings is 1. The first-order valence-corrected chi connectivity index (χ1v) is 8.18. The summed E-state index contributed by atoms with van der Waals surface area (Å²) in [5, 5.41) is 9.18. The van der Waals surface area contributed by atoms with Gasteiger partial charge >= 0.3 is 0 Å². The van der Waals surface area contributed by atoms with Gasteiger partial charge in [-0.2, -0.15) is 5.26 Å². The van der Waals surface area contributed by atoms with Crippen LogP contribution in [0.2, 0.25) is 0 Å². The summed E-state index contributed by atoms with van der Waals surface area (Å²) in [6, 6.07) is 14.3. The summed E-state index contributed by atoms with van der Waals surface area (Å²) in [5.41, 5.74) is 1.03. The highest BCUT2D eigenvalue weighted by atomic mass is 19.1. The minimum Gasteiger partial charge on any atom is -0.338 e. The third-order valence-electron chi connectivity index (χ3n) is 4.46. The zero-order valence-electron chi connectivity index (χ0n) is 13.6. The first kappa shape index (κ1) is 16.8. The van der Waals surface area contributed by atoms with Gasteiger partial charge in [-0.05, 0) is 37.1 Å². The monoisotopic (exact) mass is 336 g/mol. The molecule has 1 saturated heterocycles. The van der Waals surface area contributed by atoms with Crippen molar-refractivity contribution >= 4 is 11.7 Å². The molecule has 25 heavy (non-hydrogen) atoms. The minimum atomic E-state index is -0.460. The van der Waals surface area contributed by atoms with E-state index in [0.717, 1.165) is 0 Å². The molecule has 4 nitrogen and oxygen atoms in total. The van der Waals surface area contributed by atoms with Crippen LogP contribution in [0.15, 0.2) is 48.5 Å². The SMILES string of the molecule is N#Cc1ccccc1C(=O)C1CCCN(C(=O)c2cccc(F)c2)C1. The topological polar surface area (TPSA) is 61.2 Å². The van der Waals surface area contributed by atoms with E-state index in [-0.39, 0.29) is 29.7 Å². The number of amides is 1. The van der Waals surface area contributed by atoms with Crippen LogP contribution in [-0.2, 0) is 0 Å². The fourth-order valence-corrected chi connectivity index (χ4v) is 3.20. The number of nitrogens with zero attached hydrogens (tertiary/aromatic N) is 2. The van der Waals surface area contributed by atoms with E-state index in [2.05, 4.69) is 0 Å². The molecule has 1 fully saturated rings. The molecule has 0 spiro atoms. The molecule has 126 valence electrons. The average molecular weight is 336 g/mol. The van der Waals surface area contributed by atoms with E-state index in [9.17, 15) is 19.2 Å². The Morgan fingerprint density at radius 3 is 2.72 bits per heavy atom. The van der Waals surface area contributed by atoms with Crippen molar-refractivity contribution in [3.05, 3.63) is 71.0 Å². The molecular weight excluding hydrogens is 319 g/mol. The highest BCUT2D eigenvalue weighted by molar-refractivity contribution is 6.01. The van der Waals surface area contributed by atoms with Crippen LogP contribution < -0.4 is 0 Å². The lowest BCUT2D eigenvalue weighted by Gasteiger charge is -2.32. The first-order valence-electron chi connectivity index (χ1n) is 8.18. The lowest BCUT2D eigenvalue weighted by Crippen LogP contribution is -2.42. The quantitative estimate of drug-likeness (QED) is 0.807. The van der Waals surface area contributed by atoms with E-state index < -0.39 is 5.82 Å². The largest absolute Gasteiger partial charge is 0.338 e. The van der Waals surface area contributed by atoms with E-state index in [0.29, 0.717) is 30.5 Å². The Labute approximate surface area is 145 Å². The highest BCUT2D eigenvalue weighted by Crippen LogP contribution is 2.24. The summed E-state index contributed by atoms with van der Waals surface area (Å²) in [6.07, 6.45) is 1.37. The number of benzene rings is 2. The van der Waals surface area contributed by atoms with Gasteiger partial charge in [-0.15, -0.1) is 0 Å². The molecule has 1 unspecified atom stereocenters. The van der Waals surface area contributed by atoms with Gasteiger partial charge in [0.25, 0.3) is 5.91 Å². The molecule has 0 N–H and O–H groups in total. The normalized spacial score (nSPS) is 17.0. The number of hydrogen-bond acceptors (Lipinski definition) is 3. The Morgan fingerprint density at radius 1 is 1.16 bits per heavy atom. The predicted molar refractivity (Wildman–Crippen MR) is 90.5 cm³/mol. The number of carbonyl (C=O) groups excluding carboxylic acids is 2. The van der Waals surface area contributed by atoms with Crippen molar-refractivity contribution in [3.63, 3.8) is 0 Å². The maximum atomic E-state index is 13.3. The molecule has 3 rings (SSSR count). The van der Waals surface area contributed by atoms with Crippen molar-refractivity contribution in [1.82, 2.24) is 4.90 Å². The van der Waals surface area contributed by atoms with Crippen LogP contribution in [0, 0.1) is 23.1 Å². The van der Waals surface area contributed by atoms with E-state index in [1.165, 1.54) is 18.2 Å². The Bertz CT molecular complexity index is 857. The van der Waals surface area contributed by atoms with Gasteiger partial charge in [0.15, 0.2) is 5.78 Å². The molecule has 0 bridgehead atoms. The van der Waals surface area contributed by atoms with Crippen LogP contribution in [0.3, 0.4) is 0 Å². The van der Waals surface area contributed by atoms with Crippen molar-refractivity contribution in [2.75, 3.05) is 13.1 Å². The number of ketones is 1. The molecule has 0 aromatic heterocycles. The van der Waals surface area contributed by atoms with E-state index in [1.807, 2.05) is 6.07 Å². The van der Waals surface area contributed by atoms with Crippen LogP contribution in [0.25, 0.3) is 0 Å². The number of nitriles is 1. The first-order chi connectivity index (χ1) is 12.1. The molecule has 1 atom stereocenters. The number of halogens is 1. The fraction of sp³-hybridized carbons (Fsp3) is 0.250. The molecule has 0 aliphatic carbocycles. The number of likely N-dealkylation sites (tertiary alicyclic amines) is 1. The molecule has 1 aliphatic heterocycles. The summed E-state index contributed by atoms with van der Waals surface area (Å²) in [5.74, 6) is -1.20. The molecule has 5 heteroatoms. The van der Waals surface area contributed by atoms with Crippen molar-refractivity contribution in [2.45, 2.75) is 12.8 Å². The van der Waals surface area contributed by atoms with Crippen molar-refractivity contribution in [3.8, 4) is 6.07 Å². The third kappa shape index (κ3) is 3.58. The van der Waals surface area contributed by atoms with Crippen LogP contribution in [0.5, 0.6) is 0 Å². The smallest absolute Gasteiger partial charge is 0.253 e. The molecule has 2 aromatic rings. The summed E-state index contributed by atoms with van der Waals surface area (Å²) >= 11 is 0. The molecule has 0 radical (unpaired) electrons. The number of carbonyl (C=O) groups is 2. The molecule has 0 saturated carbocycles. The molecule has 1 amide bonds. The minimum absolute atomic E-state index is 0.117. The Balaban J connectivity index is 1.78. The zero-order valence-corrected chi connectivity index (χ0v) is 13.6. The molecule has 1 heterocycles. The summed E-state index contributed by atoms with van der Waals surface area (Å²) in [6.45, 7) is 0.826. The summed E-state index contributed by atoms with van der Waals surface area (Å²) in [7, 11) is 0. The number of Topliss-reactive ketones (excluding diaryl/α,β-unsaturated/α-hetero) is 1. The second-order valence-corrected chi connectivity index (χ2v) is 6.12. The molecule has 2 aromatic carbocycles. The van der Waals surface area contributed by atoms with E-state index in [1.54, 1.807) is 35.2 Å². The maximum absolute atomic E-state index is 13.3. The van der Waals surface area contributed by atoms with Gasteiger partial charge in [-0.3, -0.25) is 9.59 Å². The summed E-state index contributed by atoms with van der Waals surface area (Å²) < 4.78 is 13.3. The molecular formula is C20H17FN2O2. The number of hydrogen-bond donors (Lipinski definition) is 0. The Kier molecular flexibility index (Phi) is 4.90. The van der Waals surface area contributed by atoms with Gasteiger partial charge in [-0.25, -0.2) is 4.39 Å². The van der Waals surface area contributed by atoms with Gasteiger partial charge in [0.05, 0.1) is 11.6 Å². The van der Waals surface area contributed by atoms with Crippen molar-refractivity contribution in [1.29, 1.82) is 5.26 Å². The average Bonchev–Trinajstić information content (AvgIpc) is 2.67. The zero-order chi connectivity index (χ0) is 17.8. The van der Waals surface area contributed by atoms with Crippen LogP contribution in [-0.4, -0.2) is 29.7 Å². The van der Waals surface area contributed by atoms with Gasteiger partial charge in [-0.1, -0.05) is 24.3 Å². The van der Waals surface area contributed by atoms with Crippen LogP contribution in [0.1, 0.15) is 39.1 Å². The molecule has 1 aliphatic rings. The predicted octanol–water partition coefficient (Wildman–Crippen LogP) is 3.43. The maximum Gasteiger partial charge on any atom is 0.253 e. The lowest BCUT2D eigenvalue weighted by molar-refractivity contribution is 0.0636. The second kappa shape index (κ2) is 7.27. The van der Waals surface area contributed by atoms with Gasteiger partial charge in [0, 0.05) is 30.1 Å². The lowest BCUT2D eigenvalue weighted by atomic mass is 9.88. The van der Waals surface area contributed by atoms with Gasteiger partial charge < -0.3 is 4.90 Å². The second-order valence-electron chi connectivity index (χ2n) is 6.12. The summed E-state index contributed by atoms with van der Waals surface area (Å²) in [4.78, 5) is 27.0. The van der Waals surface area contributed by atoms with Crippen LogP contribution >= 0.6 is 0 Å². The Morgan fingerprint density at radius 2 is 1.96 bits per heavy atom. The van der Waals surface area contributed by atoms with Crippen LogP contribution in [0.4, 0.5) is 4.39 Å². The number of rotatable bonds is 3. The fourth-order valence-electron chi connectivity index (χ4n) is 3.20. The van der Waals surface area contributed by atoms with Crippen molar-refractivity contribution < 1.29 is 14.0 Å². The van der Waals surface area contributed by atoms with Crippen molar-refractivity contribution in [2.24, 2.45) is 5.92 Å².